The third-order valence-electron chi connectivity index (χ3n) is 13.2. The first-order chi connectivity index (χ1) is 34.8. The fourth-order valence-corrected chi connectivity index (χ4v) is 11.4. The SMILES string of the molecule is Brc1ccc2c(-c3cccc4ccccc34)c3cc(Br)ccc3c(-c3cccc4ccccc34)c2c1.Nc1ccc2c(c1)C(=O)c1ccc(N)cc1C2=O.O=C1c2ccc(Br)cc2C(=O)c2ccc(Br)cc21. The highest BCUT2D eigenvalue weighted by molar-refractivity contribution is 9.11. The van der Waals surface area contributed by atoms with E-state index in [0.717, 1.165) is 17.9 Å². The van der Waals surface area contributed by atoms with E-state index in [0.29, 0.717) is 55.9 Å². The van der Waals surface area contributed by atoms with Crippen molar-refractivity contribution >= 4 is 141 Å². The number of hydrogen-bond acceptors (Lipinski definition) is 6. The molecule has 2 aliphatic carbocycles. The summed E-state index contributed by atoms with van der Waals surface area (Å²) >= 11 is 14.2. The summed E-state index contributed by atoms with van der Waals surface area (Å²) in [6, 6.07) is 63.8. The molecule has 0 radical (unpaired) electrons. The molecule has 0 unspecified atom stereocenters. The molecule has 0 aliphatic heterocycles. The van der Waals surface area contributed by atoms with Crippen LogP contribution in [0.1, 0.15) is 63.7 Å². The molecule has 4 N–H and O–H groups in total. The summed E-state index contributed by atoms with van der Waals surface area (Å²) in [7, 11) is 0. The minimum atomic E-state index is -0.188. The predicted octanol–water partition coefficient (Wildman–Crippen LogP) is 16.8. The first-order valence-electron chi connectivity index (χ1n) is 22.7. The Balaban J connectivity index is 0.000000130. The zero-order chi connectivity index (χ0) is 49.9. The summed E-state index contributed by atoms with van der Waals surface area (Å²) in [6.07, 6.45) is 0. The van der Waals surface area contributed by atoms with Crippen LogP contribution in [0.2, 0.25) is 0 Å². The van der Waals surface area contributed by atoms with Gasteiger partial charge in [0.05, 0.1) is 0 Å². The van der Waals surface area contributed by atoms with E-state index in [1.54, 1.807) is 60.7 Å². The van der Waals surface area contributed by atoms with Gasteiger partial charge in [0.25, 0.3) is 0 Å². The Bertz CT molecular complexity index is 3770. The molecule has 2 aliphatic rings. The molecule has 13 rings (SSSR count). The van der Waals surface area contributed by atoms with Gasteiger partial charge in [-0.2, -0.15) is 0 Å². The molecule has 11 aromatic carbocycles. The maximum absolute atomic E-state index is 12.3. The molecule has 6 nitrogen and oxygen atoms in total. The van der Waals surface area contributed by atoms with Gasteiger partial charge in [0.15, 0.2) is 23.1 Å². The summed E-state index contributed by atoms with van der Waals surface area (Å²) in [6.45, 7) is 0. The first-order valence-corrected chi connectivity index (χ1v) is 25.9. The van der Waals surface area contributed by atoms with Crippen molar-refractivity contribution < 1.29 is 19.2 Å². The summed E-state index contributed by atoms with van der Waals surface area (Å²) in [5.74, 6) is -0.583. The minimum absolute atomic E-state index is 0.103. The van der Waals surface area contributed by atoms with Crippen molar-refractivity contribution in [3.63, 3.8) is 0 Å². The number of carbonyl (C=O) groups is 4. The summed E-state index contributed by atoms with van der Waals surface area (Å²) in [5, 5.41) is 10.0. The van der Waals surface area contributed by atoms with Crippen LogP contribution in [0.15, 0.2) is 212 Å². The summed E-state index contributed by atoms with van der Waals surface area (Å²) in [5.41, 5.74) is 20.6. The van der Waals surface area contributed by atoms with E-state index in [1.807, 2.05) is 0 Å². The van der Waals surface area contributed by atoms with Gasteiger partial charge in [0.2, 0.25) is 0 Å². The topological polar surface area (TPSA) is 120 Å². The monoisotopic (exact) mass is 1190 g/mol. The van der Waals surface area contributed by atoms with E-state index in [2.05, 4.69) is 185 Å². The number of ketones is 4. The molecule has 346 valence electrons. The van der Waals surface area contributed by atoms with E-state index >= 15 is 0 Å². The number of nitrogen functional groups attached to an aromatic ring is 2. The first kappa shape index (κ1) is 47.0. The van der Waals surface area contributed by atoms with E-state index in [1.165, 1.54) is 77.5 Å². The van der Waals surface area contributed by atoms with E-state index in [-0.39, 0.29) is 23.1 Å². The van der Waals surface area contributed by atoms with Crippen LogP contribution in [0, 0.1) is 0 Å². The Morgan fingerprint density at radius 3 is 0.972 bits per heavy atom. The summed E-state index contributed by atoms with van der Waals surface area (Å²) in [4.78, 5) is 49.2. The normalized spacial score (nSPS) is 12.4. The van der Waals surface area contributed by atoms with E-state index < -0.39 is 0 Å². The van der Waals surface area contributed by atoms with Crippen molar-refractivity contribution in [1.29, 1.82) is 0 Å². The lowest BCUT2D eigenvalue weighted by molar-refractivity contribution is 0.0979. The lowest BCUT2D eigenvalue weighted by atomic mass is 9.83. The lowest BCUT2D eigenvalue weighted by Crippen LogP contribution is -2.21. The largest absolute Gasteiger partial charge is 0.399 e. The molecule has 0 heterocycles. The second-order valence-electron chi connectivity index (χ2n) is 17.5. The highest BCUT2D eigenvalue weighted by Gasteiger charge is 2.31. The summed E-state index contributed by atoms with van der Waals surface area (Å²) < 4.78 is 3.75. The fourth-order valence-electron chi connectivity index (χ4n) is 9.92. The molecule has 0 spiro atoms. The molecule has 0 saturated carbocycles. The number of fused-ring (bicyclic) bond motifs is 8. The Morgan fingerprint density at radius 1 is 0.250 bits per heavy atom. The molecule has 11 aromatic rings. The maximum Gasteiger partial charge on any atom is 0.194 e. The number of nitrogens with two attached hydrogens (primary N) is 2. The van der Waals surface area contributed by atoms with Crippen molar-refractivity contribution in [2.24, 2.45) is 0 Å². The molecule has 0 amide bonds. The van der Waals surface area contributed by atoms with E-state index in [9.17, 15) is 19.2 Å². The molecule has 0 bridgehead atoms. The molecular weight excluding hydrogens is 1160 g/mol. The van der Waals surface area contributed by atoms with Gasteiger partial charge < -0.3 is 11.5 Å². The molecular formula is C62H36Br4N2O4. The predicted molar refractivity (Wildman–Crippen MR) is 306 cm³/mol. The van der Waals surface area contributed by atoms with Crippen LogP contribution in [-0.4, -0.2) is 23.1 Å². The average Bonchev–Trinajstić information content (AvgIpc) is 3.39. The highest BCUT2D eigenvalue weighted by Crippen LogP contribution is 2.48. The van der Waals surface area contributed by atoms with Crippen LogP contribution < -0.4 is 11.5 Å². The second-order valence-corrected chi connectivity index (χ2v) is 21.2. The van der Waals surface area contributed by atoms with Crippen LogP contribution in [-0.2, 0) is 0 Å². The van der Waals surface area contributed by atoms with Gasteiger partial charge in [-0.15, -0.1) is 0 Å². The van der Waals surface area contributed by atoms with Crippen molar-refractivity contribution in [2.45, 2.75) is 0 Å². The Morgan fingerprint density at radius 2 is 0.569 bits per heavy atom. The number of rotatable bonds is 2. The quantitative estimate of drug-likeness (QED) is 0.131. The number of halogens is 4. The van der Waals surface area contributed by atoms with Crippen LogP contribution in [0.25, 0.3) is 65.3 Å². The van der Waals surface area contributed by atoms with Crippen LogP contribution in [0.3, 0.4) is 0 Å². The zero-order valence-electron chi connectivity index (χ0n) is 37.8. The van der Waals surface area contributed by atoms with Crippen molar-refractivity contribution in [3.05, 3.63) is 257 Å². The van der Waals surface area contributed by atoms with Gasteiger partial charge >= 0.3 is 0 Å². The number of carbonyl (C=O) groups excluding carboxylic acids is 4. The zero-order valence-corrected chi connectivity index (χ0v) is 44.1. The lowest BCUT2D eigenvalue weighted by Gasteiger charge is -2.20. The van der Waals surface area contributed by atoms with Gasteiger partial charge in [-0.25, -0.2) is 0 Å². The standard InChI is InChI=1S/C34H20Br2.C14H6Br2O2.C14H10N2O2/c35-23-16-18-30-31(19-23)33(27-13-5-9-21-7-1-3-11-25(21)27)29-17-15-24(36)20-32(29)34(30)28-14-6-10-22-8-2-4-12-26(22)28;2*15-7-1-3-9-11(5-7)14(18)10-4-2-8(16)6-12(10)13(9)17/h1-20H;1-6H;1-6H,15-16H2. The van der Waals surface area contributed by atoms with E-state index in [4.69, 9.17) is 11.5 Å². The van der Waals surface area contributed by atoms with Crippen LogP contribution >= 0.6 is 63.7 Å². The van der Waals surface area contributed by atoms with Crippen molar-refractivity contribution in [1.82, 2.24) is 0 Å². The smallest absolute Gasteiger partial charge is 0.194 e. The third kappa shape index (κ3) is 8.37. The van der Waals surface area contributed by atoms with Gasteiger partial charge in [-0.1, -0.05) is 161 Å². The Kier molecular flexibility index (Phi) is 12.4. The molecule has 0 aromatic heterocycles. The van der Waals surface area contributed by atoms with Crippen molar-refractivity contribution in [2.75, 3.05) is 11.5 Å². The third-order valence-corrected chi connectivity index (χ3v) is 15.1. The number of benzene rings is 11. The molecule has 0 atom stereocenters. The van der Waals surface area contributed by atoms with Gasteiger partial charge in [0.1, 0.15) is 0 Å². The van der Waals surface area contributed by atoms with Crippen LogP contribution in [0.4, 0.5) is 11.4 Å². The van der Waals surface area contributed by atoms with Gasteiger partial charge in [-0.3, -0.25) is 19.2 Å². The number of anilines is 2. The van der Waals surface area contributed by atoms with Gasteiger partial charge in [-0.05, 0) is 162 Å². The highest BCUT2D eigenvalue weighted by atomic mass is 79.9. The minimum Gasteiger partial charge on any atom is -0.399 e. The average molecular weight is 1190 g/mol. The van der Waals surface area contributed by atoms with Gasteiger partial charge in [0, 0.05) is 73.8 Å². The number of hydrogen-bond donors (Lipinski definition) is 2. The molecule has 10 heteroatoms. The molecule has 0 saturated heterocycles. The fraction of sp³-hybridized carbons (Fsp3) is 0. The van der Waals surface area contributed by atoms with Crippen LogP contribution in [0.5, 0.6) is 0 Å². The Labute approximate surface area is 447 Å². The second kappa shape index (κ2) is 19.0. The molecule has 0 fully saturated rings. The maximum atomic E-state index is 12.3. The Hall–Kier alpha value is -7.34. The molecule has 72 heavy (non-hydrogen) atoms. The van der Waals surface area contributed by atoms with Crippen molar-refractivity contribution in [3.8, 4) is 22.3 Å².